The minimum atomic E-state index is -0.681. The molecule has 1 amide bonds. The van der Waals surface area contributed by atoms with Gasteiger partial charge in [0.15, 0.2) is 0 Å². The fraction of sp³-hybridized carbons (Fsp3) is 0.892. The molecule has 0 unspecified atom stereocenters. The van der Waals surface area contributed by atoms with Gasteiger partial charge in [-0.05, 0) is 117 Å². The molecular weight excluding hydrogens is 536 g/mol. The molecular formula is C37H64N2O4. The Labute approximate surface area is 262 Å². The van der Waals surface area contributed by atoms with E-state index in [0.717, 1.165) is 56.3 Å². The smallest absolute Gasteiger partial charge is 0.329 e. The SMILES string of the molecule is CC(C)[C@H](NC(=O)[C@H](N)C(C)C)C(=O)O[C@H]1CC[C@@]2(C)C(=CC[C@H]3[C@@H]4CC[C@H]([C@H](C)CCCC(C)(C)O)[C@@]4(C)CC[C@@H]32)C1. The summed E-state index contributed by atoms with van der Waals surface area (Å²) in [6.45, 7) is 19.2. The van der Waals surface area contributed by atoms with Gasteiger partial charge in [-0.25, -0.2) is 4.79 Å². The van der Waals surface area contributed by atoms with E-state index < -0.39 is 17.7 Å². The summed E-state index contributed by atoms with van der Waals surface area (Å²) in [4.78, 5) is 25.9. The van der Waals surface area contributed by atoms with Crippen LogP contribution in [0.3, 0.4) is 0 Å². The van der Waals surface area contributed by atoms with Crippen LogP contribution in [-0.2, 0) is 14.3 Å². The number of rotatable bonds is 11. The van der Waals surface area contributed by atoms with Crippen LogP contribution < -0.4 is 11.1 Å². The molecule has 10 atom stereocenters. The summed E-state index contributed by atoms with van der Waals surface area (Å²) in [6, 6.07) is -1.32. The van der Waals surface area contributed by atoms with Crippen LogP contribution in [0, 0.1) is 52.3 Å². The van der Waals surface area contributed by atoms with Gasteiger partial charge in [0.05, 0.1) is 11.6 Å². The molecule has 4 N–H and O–H groups in total. The third kappa shape index (κ3) is 7.21. The average molecular weight is 601 g/mol. The maximum absolute atomic E-state index is 13.3. The molecule has 0 saturated heterocycles. The summed E-state index contributed by atoms with van der Waals surface area (Å²) >= 11 is 0. The third-order valence-electron chi connectivity index (χ3n) is 12.8. The van der Waals surface area contributed by atoms with Crippen molar-refractivity contribution >= 4 is 11.9 Å². The Bertz CT molecular complexity index is 1030. The van der Waals surface area contributed by atoms with Crippen molar-refractivity contribution in [2.45, 2.75) is 157 Å². The molecule has 246 valence electrons. The van der Waals surface area contributed by atoms with E-state index in [1.165, 1.54) is 37.7 Å². The number of amides is 1. The van der Waals surface area contributed by atoms with Gasteiger partial charge in [0.25, 0.3) is 0 Å². The second-order valence-corrected chi connectivity index (χ2v) is 17.0. The summed E-state index contributed by atoms with van der Waals surface area (Å²) in [6.07, 6.45) is 14.9. The second kappa shape index (κ2) is 13.1. The normalized spacial score (nSPS) is 36.2. The number of ether oxygens (including phenoxy) is 1. The molecule has 43 heavy (non-hydrogen) atoms. The van der Waals surface area contributed by atoms with Crippen LogP contribution in [0.1, 0.15) is 133 Å². The van der Waals surface area contributed by atoms with Crippen molar-refractivity contribution in [2.75, 3.05) is 0 Å². The molecule has 3 fully saturated rings. The minimum absolute atomic E-state index is 0.00241. The van der Waals surface area contributed by atoms with Crippen molar-refractivity contribution in [3.05, 3.63) is 11.6 Å². The molecule has 0 radical (unpaired) electrons. The zero-order chi connectivity index (χ0) is 31.9. The van der Waals surface area contributed by atoms with Gasteiger partial charge in [-0.1, -0.05) is 73.0 Å². The van der Waals surface area contributed by atoms with E-state index in [-0.39, 0.29) is 35.2 Å². The first-order chi connectivity index (χ1) is 20.0. The van der Waals surface area contributed by atoms with Crippen LogP contribution in [0.2, 0.25) is 0 Å². The standard InChI is InChI=1S/C37H64N2O4/c1-22(2)31(38)33(40)39-32(23(3)4)34(41)43-26-16-19-36(8)25(21-26)12-13-27-29-15-14-28(37(29,9)20-17-30(27)36)24(5)11-10-18-35(6,7)42/h12,22-24,26-32,42H,10-11,13-21,38H2,1-9H3,(H,39,40)/t24-,26+,27+,28-,29+,30+,31-,32+,36+,37-/m1/s1. The highest BCUT2D eigenvalue weighted by Gasteiger charge is 2.59. The van der Waals surface area contributed by atoms with Crippen molar-refractivity contribution in [3.8, 4) is 0 Å². The molecule has 4 aliphatic rings. The van der Waals surface area contributed by atoms with Crippen LogP contribution in [0.15, 0.2) is 11.6 Å². The van der Waals surface area contributed by atoms with E-state index in [1.54, 1.807) is 0 Å². The maximum atomic E-state index is 13.3. The number of fused-ring (bicyclic) bond motifs is 5. The second-order valence-electron chi connectivity index (χ2n) is 17.0. The molecule has 0 aromatic rings. The van der Waals surface area contributed by atoms with Crippen molar-refractivity contribution in [3.63, 3.8) is 0 Å². The van der Waals surface area contributed by atoms with Crippen LogP contribution in [-0.4, -0.2) is 40.8 Å². The topological polar surface area (TPSA) is 102 Å². The van der Waals surface area contributed by atoms with Crippen molar-refractivity contribution in [1.82, 2.24) is 5.32 Å². The van der Waals surface area contributed by atoms with Gasteiger partial charge < -0.3 is 20.9 Å². The summed E-state index contributed by atoms with van der Waals surface area (Å²) in [5, 5.41) is 13.1. The Morgan fingerprint density at radius 1 is 1.05 bits per heavy atom. The fourth-order valence-electron chi connectivity index (χ4n) is 10.0. The van der Waals surface area contributed by atoms with E-state index in [1.807, 2.05) is 41.5 Å². The molecule has 3 saturated carbocycles. The Kier molecular flexibility index (Phi) is 10.5. The molecule has 0 heterocycles. The van der Waals surface area contributed by atoms with Crippen molar-refractivity contribution < 1.29 is 19.4 Å². The lowest BCUT2D eigenvalue weighted by Gasteiger charge is -2.58. The van der Waals surface area contributed by atoms with E-state index in [0.29, 0.717) is 17.3 Å². The predicted octanol–water partition coefficient (Wildman–Crippen LogP) is 7.18. The quantitative estimate of drug-likeness (QED) is 0.172. The summed E-state index contributed by atoms with van der Waals surface area (Å²) in [5.41, 5.74) is 7.61. The molecule has 6 heteroatoms. The lowest BCUT2D eigenvalue weighted by Crippen LogP contribution is -2.53. The first kappa shape index (κ1) is 34.5. The zero-order valence-corrected chi connectivity index (χ0v) is 28.9. The van der Waals surface area contributed by atoms with E-state index in [4.69, 9.17) is 10.5 Å². The molecule has 0 aromatic heterocycles. The predicted molar refractivity (Wildman–Crippen MR) is 174 cm³/mol. The molecule has 4 rings (SSSR count). The summed E-state index contributed by atoms with van der Waals surface area (Å²) in [5.74, 6) is 3.08. The Morgan fingerprint density at radius 2 is 1.74 bits per heavy atom. The molecule has 6 nitrogen and oxygen atoms in total. The number of carbonyl (C=O) groups is 2. The van der Waals surface area contributed by atoms with Gasteiger partial charge in [-0.15, -0.1) is 0 Å². The largest absolute Gasteiger partial charge is 0.461 e. The monoisotopic (exact) mass is 600 g/mol. The summed E-state index contributed by atoms with van der Waals surface area (Å²) in [7, 11) is 0. The number of hydrogen-bond acceptors (Lipinski definition) is 5. The number of aliphatic hydroxyl groups is 1. The van der Waals surface area contributed by atoms with Gasteiger partial charge in [-0.3, -0.25) is 4.79 Å². The lowest BCUT2D eigenvalue weighted by molar-refractivity contribution is -0.156. The van der Waals surface area contributed by atoms with Crippen LogP contribution in [0.5, 0.6) is 0 Å². The van der Waals surface area contributed by atoms with E-state index in [2.05, 4.69) is 32.2 Å². The van der Waals surface area contributed by atoms with Gasteiger partial charge in [0, 0.05) is 6.42 Å². The number of nitrogens with one attached hydrogen (secondary N) is 1. The van der Waals surface area contributed by atoms with E-state index >= 15 is 0 Å². The summed E-state index contributed by atoms with van der Waals surface area (Å²) < 4.78 is 6.11. The van der Waals surface area contributed by atoms with E-state index in [9.17, 15) is 14.7 Å². The first-order valence-corrected chi connectivity index (χ1v) is 17.7. The number of hydrogen-bond donors (Lipinski definition) is 3. The third-order valence-corrected chi connectivity index (χ3v) is 12.8. The number of carbonyl (C=O) groups excluding carboxylic acids is 2. The average Bonchev–Trinajstić information content (AvgIpc) is 3.27. The number of allylic oxidation sites excluding steroid dienone is 1. The Hall–Kier alpha value is -1.40. The molecule has 0 bridgehead atoms. The zero-order valence-electron chi connectivity index (χ0n) is 28.9. The van der Waals surface area contributed by atoms with Gasteiger partial charge >= 0.3 is 5.97 Å². The first-order valence-electron chi connectivity index (χ1n) is 17.7. The number of nitrogens with two attached hydrogens (primary N) is 1. The van der Waals surface area contributed by atoms with Gasteiger partial charge in [0.1, 0.15) is 12.1 Å². The van der Waals surface area contributed by atoms with Crippen LogP contribution in [0.4, 0.5) is 0 Å². The number of esters is 1. The molecule has 0 spiro atoms. The van der Waals surface area contributed by atoms with Crippen LogP contribution >= 0.6 is 0 Å². The highest BCUT2D eigenvalue weighted by molar-refractivity contribution is 5.87. The fourth-order valence-corrected chi connectivity index (χ4v) is 10.0. The minimum Gasteiger partial charge on any atom is -0.461 e. The van der Waals surface area contributed by atoms with Gasteiger partial charge in [-0.2, -0.15) is 0 Å². The maximum Gasteiger partial charge on any atom is 0.329 e. The van der Waals surface area contributed by atoms with Crippen molar-refractivity contribution in [1.29, 1.82) is 0 Å². The van der Waals surface area contributed by atoms with Crippen molar-refractivity contribution in [2.24, 2.45) is 58.0 Å². The van der Waals surface area contributed by atoms with Gasteiger partial charge in [0.2, 0.25) is 5.91 Å². The highest BCUT2D eigenvalue weighted by atomic mass is 16.5. The lowest BCUT2D eigenvalue weighted by atomic mass is 9.47. The highest BCUT2D eigenvalue weighted by Crippen LogP contribution is 2.67. The Balaban J connectivity index is 1.39. The molecule has 0 aliphatic heterocycles. The van der Waals surface area contributed by atoms with Crippen LogP contribution in [0.25, 0.3) is 0 Å². The Morgan fingerprint density at radius 3 is 2.37 bits per heavy atom. The molecule has 0 aromatic carbocycles. The molecule has 4 aliphatic carbocycles.